The van der Waals surface area contributed by atoms with Crippen molar-refractivity contribution >= 4 is 17.5 Å². The van der Waals surface area contributed by atoms with E-state index in [0.29, 0.717) is 11.8 Å². The average Bonchev–Trinajstić information content (AvgIpc) is 2.50. The van der Waals surface area contributed by atoms with Gasteiger partial charge in [-0.3, -0.25) is 9.59 Å². The number of para-hydroxylation sites is 1. The Morgan fingerprint density at radius 1 is 1.08 bits per heavy atom. The maximum Gasteiger partial charge on any atom is 0.257 e. The minimum atomic E-state index is -0.956. The summed E-state index contributed by atoms with van der Waals surface area (Å²) in [6, 6.07) is 8.32. The van der Waals surface area contributed by atoms with Gasteiger partial charge in [0.15, 0.2) is 0 Å². The van der Waals surface area contributed by atoms with Crippen LogP contribution in [0.2, 0.25) is 0 Å². The lowest BCUT2D eigenvalue weighted by Gasteiger charge is -2.18. The molecule has 2 aromatic carbocycles. The molecule has 0 bridgehead atoms. The smallest absolute Gasteiger partial charge is 0.257 e. The van der Waals surface area contributed by atoms with Gasteiger partial charge in [0.1, 0.15) is 11.6 Å². The van der Waals surface area contributed by atoms with E-state index in [1.54, 1.807) is 0 Å². The van der Waals surface area contributed by atoms with Gasteiger partial charge in [0.25, 0.3) is 5.91 Å². The van der Waals surface area contributed by atoms with Crippen LogP contribution in [0.5, 0.6) is 0 Å². The van der Waals surface area contributed by atoms with Crippen molar-refractivity contribution in [2.75, 3.05) is 18.9 Å². The van der Waals surface area contributed by atoms with Crippen molar-refractivity contribution < 1.29 is 18.4 Å². The van der Waals surface area contributed by atoms with Gasteiger partial charge >= 0.3 is 0 Å². The van der Waals surface area contributed by atoms with Crippen LogP contribution in [0.1, 0.15) is 21.5 Å². The Morgan fingerprint density at radius 3 is 2.29 bits per heavy atom. The number of anilines is 1. The summed E-state index contributed by atoms with van der Waals surface area (Å²) >= 11 is 0. The van der Waals surface area contributed by atoms with Crippen molar-refractivity contribution in [3.63, 3.8) is 0 Å². The Morgan fingerprint density at radius 2 is 1.71 bits per heavy atom. The molecule has 0 aliphatic carbocycles. The van der Waals surface area contributed by atoms with Crippen LogP contribution in [0.25, 0.3) is 0 Å². The lowest BCUT2D eigenvalue weighted by atomic mass is 10.1. The van der Waals surface area contributed by atoms with Crippen LogP contribution in [0, 0.1) is 25.5 Å². The molecule has 0 radical (unpaired) electrons. The number of likely N-dealkylation sites (N-methyl/N-ethyl adjacent to an activating group) is 1. The molecule has 0 saturated heterocycles. The Hall–Kier alpha value is -2.76. The number of nitrogens with zero attached hydrogens (tertiary/aromatic N) is 1. The number of halogens is 2. The second-order valence-electron chi connectivity index (χ2n) is 5.60. The maximum atomic E-state index is 13.7. The zero-order valence-electron chi connectivity index (χ0n) is 13.7. The summed E-state index contributed by atoms with van der Waals surface area (Å²) in [5.41, 5.74) is 2.22. The summed E-state index contributed by atoms with van der Waals surface area (Å²) in [6.45, 7) is 3.49. The summed E-state index contributed by atoms with van der Waals surface area (Å²) in [5.74, 6) is -2.81. The first-order chi connectivity index (χ1) is 11.3. The second kappa shape index (κ2) is 7.21. The number of nitrogens with one attached hydrogen (secondary N) is 1. The Bertz CT molecular complexity index is 770. The van der Waals surface area contributed by atoms with Crippen molar-refractivity contribution in [3.8, 4) is 0 Å². The molecular formula is C18H18F2N2O2. The van der Waals surface area contributed by atoms with Crippen molar-refractivity contribution in [2.24, 2.45) is 0 Å². The largest absolute Gasteiger partial charge is 0.332 e. The van der Waals surface area contributed by atoms with E-state index in [-0.39, 0.29) is 12.1 Å². The molecule has 0 unspecified atom stereocenters. The van der Waals surface area contributed by atoms with Gasteiger partial charge in [-0.05, 0) is 37.1 Å². The molecule has 0 aromatic heterocycles. The Balaban J connectivity index is 2.07. The second-order valence-corrected chi connectivity index (χ2v) is 5.60. The van der Waals surface area contributed by atoms with E-state index in [4.69, 9.17) is 0 Å². The molecule has 4 nitrogen and oxygen atoms in total. The predicted molar refractivity (Wildman–Crippen MR) is 87.9 cm³/mol. The summed E-state index contributed by atoms with van der Waals surface area (Å²) < 4.78 is 26.6. The highest BCUT2D eigenvalue weighted by Crippen LogP contribution is 2.19. The average molecular weight is 332 g/mol. The molecule has 0 spiro atoms. The highest BCUT2D eigenvalue weighted by Gasteiger charge is 2.19. The molecule has 0 aliphatic heterocycles. The summed E-state index contributed by atoms with van der Waals surface area (Å²) in [5, 5.41) is 2.75. The minimum absolute atomic E-state index is 0.247. The van der Waals surface area contributed by atoms with Crippen molar-refractivity contribution in [1.29, 1.82) is 0 Å². The molecule has 0 saturated carbocycles. The summed E-state index contributed by atoms with van der Waals surface area (Å²) in [6.07, 6.45) is 0. The molecule has 1 N–H and O–H groups in total. The van der Waals surface area contributed by atoms with Crippen LogP contribution in [0.3, 0.4) is 0 Å². The molecule has 0 fully saturated rings. The topological polar surface area (TPSA) is 49.4 Å². The van der Waals surface area contributed by atoms with E-state index in [0.717, 1.165) is 28.2 Å². The first kappa shape index (κ1) is 17.6. The first-order valence-electron chi connectivity index (χ1n) is 7.36. The fraction of sp³-hybridized carbons (Fsp3) is 0.222. The number of hydrogen-bond donors (Lipinski definition) is 1. The zero-order chi connectivity index (χ0) is 17.9. The van der Waals surface area contributed by atoms with Crippen LogP contribution >= 0.6 is 0 Å². The van der Waals surface area contributed by atoms with Gasteiger partial charge in [-0.2, -0.15) is 0 Å². The van der Waals surface area contributed by atoms with Gasteiger partial charge in [0.2, 0.25) is 5.91 Å². The van der Waals surface area contributed by atoms with Gasteiger partial charge in [-0.15, -0.1) is 0 Å². The Labute approximate surface area is 139 Å². The van der Waals surface area contributed by atoms with Crippen LogP contribution in [0.4, 0.5) is 14.5 Å². The molecule has 0 aliphatic rings. The number of hydrogen-bond acceptors (Lipinski definition) is 2. The van der Waals surface area contributed by atoms with E-state index in [1.807, 2.05) is 32.0 Å². The highest BCUT2D eigenvalue weighted by molar-refractivity contribution is 5.99. The third-order valence-electron chi connectivity index (χ3n) is 3.63. The number of benzene rings is 2. The van der Waals surface area contributed by atoms with E-state index in [2.05, 4.69) is 5.32 Å². The summed E-state index contributed by atoms with van der Waals surface area (Å²) in [7, 11) is 1.38. The fourth-order valence-electron chi connectivity index (χ4n) is 2.35. The molecular weight excluding hydrogens is 314 g/mol. The molecule has 0 atom stereocenters. The summed E-state index contributed by atoms with van der Waals surface area (Å²) in [4.78, 5) is 25.4. The zero-order valence-corrected chi connectivity index (χ0v) is 13.7. The molecule has 2 aromatic rings. The fourth-order valence-corrected chi connectivity index (χ4v) is 2.35. The van der Waals surface area contributed by atoms with E-state index < -0.39 is 23.4 Å². The first-order valence-corrected chi connectivity index (χ1v) is 7.36. The third-order valence-corrected chi connectivity index (χ3v) is 3.63. The van der Waals surface area contributed by atoms with E-state index in [9.17, 15) is 18.4 Å². The van der Waals surface area contributed by atoms with Crippen LogP contribution in [-0.2, 0) is 4.79 Å². The van der Waals surface area contributed by atoms with Crippen molar-refractivity contribution in [3.05, 3.63) is 64.7 Å². The molecule has 0 heterocycles. The highest BCUT2D eigenvalue weighted by atomic mass is 19.1. The predicted octanol–water partition coefficient (Wildman–Crippen LogP) is 3.29. The van der Waals surface area contributed by atoms with Gasteiger partial charge in [-0.1, -0.05) is 18.2 Å². The lowest BCUT2D eigenvalue weighted by molar-refractivity contribution is -0.116. The normalized spacial score (nSPS) is 10.4. The van der Waals surface area contributed by atoms with Gasteiger partial charge < -0.3 is 10.2 Å². The van der Waals surface area contributed by atoms with Crippen LogP contribution in [-0.4, -0.2) is 30.3 Å². The van der Waals surface area contributed by atoms with Crippen molar-refractivity contribution in [2.45, 2.75) is 13.8 Å². The van der Waals surface area contributed by atoms with Crippen LogP contribution in [0.15, 0.2) is 36.4 Å². The van der Waals surface area contributed by atoms with E-state index >= 15 is 0 Å². The monoisotopic (exact) mass is 332 g/mol. The molecule has 2 amide bonds. The maximum absolute atomic E-state index is 13.7. The van der Waals surface area contributed by atoms with Gasteiger partial charge in [0, 0.05) is 18.8 Å². The third kappa shape index (κ3) is 3.95. The number of amides is 2. The quantitative estimate of drug-likeness (QED) is 0.934. The number of carbonyl (C=O) groups excluding carboxylic acids is 2. The van der Waals surface area contributed by atoms with Crippen molar-refractivity contribution in [1.82, 2.24) is 4.90 Å². The lowest BCUT2D eigenvalue weighted by Crippen LogP contribution is -2.35. The SMILES string of the molecule is Cc1cccc(C)c1NC(=O)CN(C)C(=O)c1ccc(F)cc1F. The Kier molecular flexibility index (Phi) is 5.28. The molecule has 126 valence electrons. The molecule has 24 heavy (non-hydrogen) atoms. The van der Waals surface area contributed by atoms with Crippen LogP contribution < -0.4 is 5.32 Å². The molecule has 2 rings (SSSR count). The number of carbonyl (C=O) groups is 2. The number of rotatable bonds is 4. The van der Waals surface area contributed by atoms with Gasteiger partial charge in [0.05, 0.1) is 12.1 Å². The minimum Gasteiger partial charge on any atom is -0.332 e. The number of aryl methyl sites for hydroxylation is 2. The standard InChI is InChI=1S/C18H18F2N2O2/c1-11-5-4-6-12(2)17(11)21-16(23)10-22(3)18(24)14-8-7-13(19)9-15(14)20/h4-9H,10H2,1-3H3,(H,21,23). The molecule has 6 heteroatoms. The van der Waals surface area contributed by atoms with E-state index in [1.165, 1.54) is 7.05 Å². The van der Waals surface area contributed by atoms with Gasteiger partial charge in [-0.25, -0.2) is 8.78 Å².